The third kappa shape index (κ3) is 2.68. The molecule has 0 bridgehead atoms. The molecule has 2 aromatic rings. The van der Waals surface area contributed by atoms with Gasteiger partial charge in [-0.3, -0.25) is 4.79 Å². The number of aromatic hydroxyl groups is 1. The lowest BCUT2D eigenvalue weighted by Crippen LogP contribution is -2.26. The fraction of sp³-hybridized carbons (Fsp3) is 0.133. The molecule has 1 N–H and O–H groups in total. The third-order valence-corrected chi connectivity index (χ3v) is 2.87. The molecule has 1 amide bonds. The average Bonchev–Trinajstić information content (AvgIpc) is 2.47. The Morgan fingerprint density at radius 3 is 2.47 bits per heavy atom. The first kappa shape index (κ1) is 13.0. The highest BCUT2D eigenvalue weighted by Gasteiger charge is 2.15. The van der Waals surface area contributed by atoms with Crippen LogP contribution in [0.25, 0.3) is 0 Å². The fourth-order valence-corrected chi connectivity index (χ4v) is 1.77. The number of benzene rings is 2. The highest BCUT2D eigenvalue weighted by atomic mass is 16.5. The highest BCUT2D eigenvalue weighted by Crippen LogP contribution is 2.27. The quantitative estimate of drug-likeness (QED) is 0.919. The molecule has 4 heteroatoms. The van der Waals surface area contributed by atoms with Crippen LogP contribution >= 0.6 is 0 Å². The maximum absolute atomic E-state index is 12.3. The Morgan fingerprint density at radius 1 is 1.16 bits per heavy atom. The van der Waals surface area contributed by atoms with Crippen molar-refractivity contribution in [3.63, 3.8) is 0 Å². The first-order valence-corrected chi connectivity index (χ1v) is 5.83. The molecule has 0 radical (unpaired) electrons. The topological polar surface area (TPSA) is 49.8 Å². The van der Waals surface area contributed by atoms with Crippen LogP contribution in [0.2, 0.25) is 0 Å². The van der Waals surface area contributed by atoms with Gasteiger partial charge in [0.25, 0.3) is 5.91 Å². The Bertz CT molecular complexity index is 581. The summed E-state index contributed by atoms with van der Waals surface area (Å²) in [5, 5.41) is 9.52. The number of carbonyl (C=O) groups excluding carboxylic acids is 1. The summed E-state index contributed by atoms with van der Waals surface area (Å²) < 4.78 is 5.00. The summed E-state index contributed by atoms with van der Waals surface area (Å²) in [7, 11) is 3.15. The molecule has 19 heavy (non-hydrogen) atoms. The summed E-state index contributed by atoms with van der Waals surface area (Å²) in [4.78, 5) is 13.9. The van der Waals surface area contributed by atoms with E-state index in [1.165, 1.54) is 19.2 Å². The lowest BCUT2D eigenvalue weighted by atomic mass is 10.1. The SMILES string of the molecule is COc1cc(C(=O)N(C)c2ccccc2)ccc1O. The van der Waals surface area contributed by atoms with Gasteiger partial charge in [-0.2, -0.15) is 0 Å². The maximum Gasteiger partial charge on any atom is 0.258 e. The van der Waals surface area contributed by atoms with E-state index in [0.717, 1.165) is 5.69 Å². The zero-order chi connectivity index (χ0) is 13.8. The van der Waals surface area contributed by atoms with Crippen molar-refractivity contribution in [2.75, 3.05) is 19.1 Å². The van der Waals surface area contributed by atoms with Crippen molar-refractivity contribution < 1.29 is 14.6 Å². The van der Waals surface area contributed by atoms with Crippen LogP contribution in [-0.2, 0) is 0 Å². The summed E-state index contributed by atoms with van der Waals surface area (Å²) in [6.07, 6.45) is 0. The second kappa shape index (κ2) is 5.44. The van der Waals surface area contributed by atoms with E-state index in [-0.39, 0.29) is 17.4 Å². The minimum atomic E-state index is -0.162. The molecule has 0 aliphatic carbocycles. The van der Waals surface area contributed by atoms with Gasteiger partial charge < -0.3 is 14.7 Å². The second-order valence-electron chi connectivity index (χ2n) is 4.09. The van der Waals surface area contributed by atoms with E-state index < -0.39 is 0 Å². The maximum atomic E-state index is 12.3. The molecule has 0 fully saturated rings. The van der Waals surface area contributed by atoms with Gasteiger partial charge in [-0.1, -0.05) is 18.2 Å². The lowest BCUT2D eigenvalue weighted by molar-refractivity contribution is 0.0992. The number of para-hydroxylation sites is 1. The first-order chi connectivity index (χ1) is 9.13. The number of hydrogen-bond donors (Lipinski definition) is 1. The Balaban J connectivity index is 2.29. The van der Waals surface area contributed by atoms with E-state index >= 15 is 0 Å². The van der Waals surface area contributed by atoms with E-state index in [1.807, 2.05) is 30.3 Å². The lowest BCUT2D eigenvalue weighted by Gasteiger charge is -2.17. The Morgan fingerprint density at radius 2 is 1.84 bits per heavy atom. The molecule has 2 aromatic carbocycles. The van der Waals surface area contributed by atoms with Crippen molar-refractivity contribution in [3.05, 3.63) is 54.1 Å². The van der Waals surface area contributed by atoms with Crippen molar-refractivity contribution >= 4 is 11.6 Å². The van der Waals surface area contributed by atoms with Gasteiger partial charge in [0.15, 0.2) is 11.5 Å². The van der Waals surface area contributed by atoms with E-state index in [2.05, 4.69) is 0 Å². The minimum absolute atomic E-state index is 0.0152. The molecule has 0 saturated heterocycles. The number of amides is 1. The standard InChI is InChI=1S/C15H15NO3/c1-16(12-6-4-3-5-7-12)15(18)11-8-9-13(17)14(10-11)19-2/h3-10,17H,1-2H3. The van der Waals surface area contributed by atoms with E-state index in [1.54, 1.807) is 18.0 Å². The number of phenolic OH excluding ortho intramolecular Hbond substituents is 1. The van der Waals surface area contributed by atoms with Crippen molar-refractivity contribution in [1.29, 1.82) is 0 Å². The van der Waals surface area contributed by atoms with Gasteiger partial charge in [0, 0.05) is 18.3 Å². The van der Waals surface area contributed by atoms with Crippen LogP contribution in [0.5, 0.6) is 11.5 Å². The van der Waals surface area contributed by atoms with Crippen LogP contribution < -0.4 is 9.64 Å². The summed E-state index contributed by atoms with van der Waals surface area (Å²) in [6, 6.07) is 13.9. The van der Waals surface area contributed by atoms with Crippen molar-refractivity contribution in [3.8, 4) is 11.5 Å². The van der Waals surface area contributed by atoms with Gasteiger partial charge in [-0.25, -0.2) is 0 Å². The number of anilines is 1. The summed E-state index contributed by atoms with van der Waals surface area (Å²) in [5.74, 6) is 0.137. The molecule has 2 rings (SSSR count). The molecule has 0 unspecified atom stereocenters. The molecule has 0 heterocycles. The van der Waals surface area contributed by atoms with Crippen molar-refractivity contribution in [2.45, 2.75) is 0 Å². The van der Waals surface area contributed by atoms with E-state index in [4.69, 9.17) is 4.74 Å². The van der Waals surface area contributed by atoms with Crippen LogP contribution in [0.1, 0.15) is 10.4 Å². The van der Waals surface area contributed by atoms with E-state index in [0.29, 0.717) is 5.56 Å². The average molecular weight is 257 g/mol. The number of nitrogens with zero attached hydrogens (tertiary/aromatic N) is 1. The molecular weight excluding hydrogens is 242 g/mol. The number of ether oxygens (including phenoxy) is 1. The van der Waals surface area contributed by atoms with Crippen LogP contribution in [0.15, 0.2) is 48.5 Å². The van der Waals surface area contributed by atoms with Crippen LogP contribution in [-0.4, -0.2) is 25.2 Å². The Labute approximate surface area is 111 Å². The zero-order valence-corrected chi connectivity index (χ0v) is 10.8. The monoisotopic (exact) mass is 257 g/mol. The van der Waals surface area contributed by atoms with Gasteiger partial charge in [0.2, 0.25) is 0 Å². The smallest absolute Gasteiger partial charge is 0.258 e. The largest absolute Gasteiger partial charge is 0.504 e. The Kier molecular flexibility index (Phi) is 3.71. The number of hydrogen-bond acceptors (Lipinski definition) is 3. The number of carbonyl (C=O) groups is 1. The number of rotatable bonds is 3. The third-order valence-electron chi connectivity index (χ3n) is 2.87. The molecule has 0 aromatic heterocycles. The zero-order valence-electron chi connectivity index (χ0n) is 10.8. The number of phenols is 1. The van der Waals surface area contributed by atoms with Crippen molar-refractivity contribution in [1.82, 2.24) is 0 Å². The van der Waals surface area contributed by atoms with Gasteiger partial charge in [0.05, 0.1) is 7.11 Å². The molecule has 0 saturated carbocycles. The van der Waals surface area contributed by atoms with Crippen LogP contribution in [0.3, 0.4) is 0 Å². The predicted molar refractivity (Wildman–Crippen MR) is 73.8 cm³/mol. The van der Waals surface area contributed by atoms with Gasteiger partial charge in [0.1, 0.15) is 0 Å². The Hall–Kier alpha value is -2.49. The van der Waals surface area contributed by atoms with Gasteiger partial charge in [-0.15, -0.1) is 0 Å². The normalized spacial score (nSPS) is 10.0. The molecule has 0 atom stereocenters. The summed E-state index contributed by atoms with van der Waals surface area (Å²) >= 11 is 0. The van der Waals surface area contributed by atoms with Crippen molar-refractivity contribution in [2.24, 2.45) is 0 Å². The molecular formula is C15H15NO3. The molecule has 98 valence electrons. The highest BCUT2D eigenvalue weighted by molar-refractivity contribution is 6.06. The summed E-state index contributed by atoms with van der Waals surface area (Å²) in [6.45, 7) is 0. The summed E-state index contributed by atoms with van der Waals surface area (Å²) in [5.41, 5.74) is 1.26. The molecule has 0 aliphatic heterocycles. The molecule has 0 spiro atoms. The predicted octanol–water partition coefficient (Wildman–Crippen LogP) is 2.68. The second-order valence-corrected chi connectivity index (χ2v) is 4.09. The van der Waals surface area contributed by atoms with Gasteiger partial charge in [-0.05, 0) is 30.3 Å². The van der Waals surface area contributed by atoms with E-state index in [9.17, 15) is 9.90 Å². The van der Waals surface area contributed by atoms with Crippen LogP contribution in [0.4, 0.5) is 5.69 Å². The minimum Gasteiger partial charge on any atom is -0.504 e. The molecule has 4 nitrogen and oxygen atoms in total. The van der Waals surface area contributed by atoms with Crippen LogP contribution in [0, 0.1) is 0 Å². The fourth-order valence-electron chi connectivity index (χ4n) is 1.77. The van der Waals surface area contributed by atoms with Gasteiger partial charge >= 0.3 is 0 Å². The number of methoxy groups -OCH3 is 1. The molecule has 0 aliphatic rings. The first-order valence-electron chi connectivity index (χ1n) is 5.83.